The van der Waals surface area contributed by atoms with E-state index in [1.807, 2.05) is 35.2 Å². The predicted octanol–water partition coefficient (Wildman–Crippen LogP) is 2.92. The van der Waals surface area contributed by atoms with Gasteiger partial charge in [-0.05, 0) is 42.2 Å². The van der Waals surface area contributed by atoms with Gasteiger partial charge in [0.1, 0.15) is 6.04 Å². The van der Waals surface area contributed by atoms with E-state index in [1.54, 1.807) is 30.3 Å². The number of carbonyl (C=O) groups excluding carboxylic acids is 2. The molecule has 1 aliphatic heterocycles. The maximum Gasteiger partial charge on any atom is 0.245 e. The van der Waals surface area contributed by atoms with Gasteiger partial charge in [-0.1, -0.05) is 42.5 Å². The second-order valence-corrected chi connectivity index (χ2v) is 6.85. The van der Waals surface area contributed by atoms with E-state index in [1.165, 1.54) is 6.08 Å². The number of rotatable bonds is 6. The molecule has 1 aliphatic rings. The molecular weight excluding hydrogens is 350 g/mol. The van der Waals surface area contributed by atoms with Crippen molar-refractivity contribution in [2.75, 3.05) is 13.1 Å². The second kappa shape index (κ2) is 9.52. The molecule has 2 aromatic rings. The number of amides is 2. The van der Waals surface area contributed by atoms with Crippen molar-refractivity contribution in [3.05, 3.63) is 77.4 Å². The van der Waals surface area contributed by atoms with E-state index in [0.717, 1.165) is 37.1 Å². The van der Waals surface area contributed by atoms with Crippen LogP contribution >= 0.6 is 0 Å². The van der Waals surface area contributed by atoms with Gasteiger partial charge in [0.2, 0.25) is 11.8 Å². The molecule has 0 unspecified atom stereocenters. The molecule has 5 nitrogen and oxygen atoms in total. The molecule has 142 valence electrons. The molecule has 1 N–H and O–H groups in total. The molecule has 1 heterocycles. The van der Waals surface area contributed by atoms with Gasteiger partial charge in [-0.3, -0.25) is 9.59 Å². The molecule has 0 radical (unpaired) electrons. The van der Waals surface area contributed by atoms with Crippen LogP contribution in [0.2, 0.25) is 0 Å². The zero-order chi connectivity index (χ0) is 19.8. The number of benzene rings is 2. The molecule has 0 bridgehead atoms. The second-order valence-electron chi connectivity index (χ2n) is 6.85. The lowest BCUT2D eigenvalue weighted by Crippen LogP contribution is -2.48. The largest absolute Gasteiger partial charge is 0.341 e. The first-order valence-corrected chi connectivity index (χ1v) is 9.47. The van der Waals surface area contributed by atoms with Crippen LogP contribution in [0.5, 0.6) is 0 Å². The Balaban J connectivity index is 1.68. The molecule has 0 spiro atoms. The van der Waals surface area contributed by atoms with Gasteiger partial charge in [-0.2, -0.15) is 5.26 Å². The van der Waals surface area contributed by atoms with Crippen LogP contribution in [0.1, 0.15) is 29.5 Å². The Labute approximate surface area is 165 Å². The zero-order valence-corrected chi connectivity index (χ0v) is 15.7. The number of likely N-dealkylation sites (tertiary alicyclic amines) is 1. The van der Waals surface area contributed by atoms with Crippen molar-refractivity contribution in [2.24, 2.45) is 0 Å². The van der Waals surface area contributed by atoms with E-state index >= 15 is 0 Å². The van der Waals surface area contributed by atoms with E-state index in [0.29, 0.717) is 12.0 Å². The van der Waals surface area contributed by atoms with E-state index in [9.17, 15) is 9.59 Å². The van der Waals surface area contributed by atoms with E-state index < -0.39 is 6.04 Å². The van der Waals surface area contributed by atoms with Gasteiger partial charge in [-0.15, -0.1) is 0 Å². The van der Waals surface area contributed by atoms with E-state index in [4.69, 9.17) is 5.26 Å². The number of carbonyl (C=O) groups is 2. The Morgan fingerprint density at radius 1 is 1.07 bits per heavy atom. The first-order chi connectivity index (χ1) is 13.7. The molecule has 28 heavy (non-hydrogen) atoms. The average molecular weight is 373 g/mol. The summed E-state index contributed by atoms with van der Waals surface area (Å²) in [5.41, 5.74) is 2.40. The van der Waals surface area contributed by atoms with Crippen molar-refractivity contribution in [1.82, 2.24) is 10.2 Å². The number of nitrogens with zero attached hydrogens (tertiary/aromatic N) is 2. The highest BCUT2D eigenvalue weighted by Crippen LogP contribution is 2.12. The normalized spacial score (nSPS) is 14.6. The van der Waals surface area contributed by atoms with Crippen molar-refractivity contribution >= 4 is 17.9 Å². The predicted molar refractivity (Wildman–Crippen MR) is 108 cm³/mol. The van der Waals surface area contributed by atoms with E-state index in [-0.39, 0.29) is 11.8 Å². The highest BCUT2D eigenvalue weighted by atomic mass is 16.2. The Kier molecular flexibility index (Phi) is 6.59. The first kappa shape index (κ1) is 19.4. The number of nitriles is 1. The molecule has 5 heteroatoms. The Bertz CT molecular complexity index is 876. The fraction of sp³-hybridized carbons (Fsp3) is 0.261. The molecule has 1 fully saturated rings. The minimum absolute atomic E-state index is 0.0264. The van der Waals surface area contributed by atoms with Crippen LogP contribution in [-0.4, -0.2) is 35.8 Å². The smallest absolute Gasteiger partial charge is 0.245 e. The maximum absolute atomic E-state index is 12.9. The Hall–Kier alpha value is -3.39. The molecular formula is C23H23N3O2. The number of nitrogens with one attached hydrogen (secondary N) is 1. The summed E-state index contributed by atoms with van der Waals surface area (Å²) in [6.07, 6.45) is 5.59. The van der Waals surface area contributed by atoms with Crippen LogP contribution in [0.4, 0.5) is 0 Å². The van der Waals surface area contributed by atoms with Crippen LogP contribution in [-0.2, 0) is 16.0 Å². The molecule has 0 aromatic heterocycles. The Morgan fingerprint density at radius 3 is 2.39 bits per heavy atom. The third-order valence-corrected chi connectivity index (χ3v) is 4.78. The monoisotopic (exact) mass is 373 g/mol. The lowest BCUT2D eigenvalue weighted by atomic mass is 10.0. The zero-order valence-electron chi connectivity index (χ0n) is 15.7. The fourth-order valence-electron chi connectivity index (χ4n) is 3.27. The van der Waals surface area contributed by atoms with Crippen LogP contribution in [0, 0.1) is 11.3 Å². The summed E-state index contributed by atoms with van der Waals surface area (Å²) in [5.74, 6) is -0.334. The molecule has 2 amide bonds. The standard InChI is InChI=1S/C23H23N3O2/c24-17-20-10-8-18(9-11-20)12-13-22(27)25-21(16-19-6-2-1-3-7-19)23(28)26-14-4-5-15-26/h1-3,6-13,21H,4-5,14-16H2,(H,25,27)/b13-12-/t21-/m1/s1. The summed E-state index contributed by atoms with van der Waals surface area (Å²) in [7, 11) is 0. The summed E-state index contributed by atoms with van der Waals surface area (Å²) in [6, 6.07) is 18.1. The van der Waals surface area contributed by atoms with Gasteiger partial charge in [0.05, 0.1) is 11.6 Å². The Morgan fingerprint density at radius 2 is 1.75 bits per heavy atom. The van der Waals surface area contributed by atoms with Gasteiger partial charge in [0.15, 0.2) is 0 Å². The van der Waals surface area contributed by atoms with Crippen molar-refractivity contribution in [1.29, 1.82) is 5.26 Å². The van der Waals surface area contributed by atoms with Crippen LogP contribution in [0.3, 0.4) is 0 Å². The van der Waals surface area contributed by atoms with Crippen molar-refractivity contribution < 1.29 is 9.59 Å². The van der Waals surface area contributed by atoms with Gasteiger partial charge in [-0.25, -0.2) is 0 Å². The van der Waals surface area contributed by atoms with Gasteiger partial charge >= 0.3 is 0 Å². The van der Waals surface area contributed by atoms with Crippen LogP contribution < -0.4 is 5.32 Å². The van der Waals surface area contributed by atoms with Crippen molar-refractivity contribution in [3.63, 3.8) is 0 Å². The summed E-state index contributed by atoms with van der Waals surface area (Å²) >= 11 is 0. The maximum atomic E-state index is 12.9. The summed E-state index contributed by atoms with van der Waals surface area (Å²) in [6.45, 7) is 1.50. The molecule has 0 aliphatic carbocycles. The molecule has 3 rings (SSSR count). The van der Waals surface area contributed by atoms with Gasteiger partial charge in [0, 0.05) is 25.6 Å². The van der Waals surface area contributed by atoms with Crippen LogP contribution in [0.15, 0.2) is 60.7 Å². The highest BCUT2D eigenvalue weighted by molar-refractivity contribution is 5.95. The lowest BCUT2D eigenvalue weighted by Gasteiger charge is -2.23. The SMILES string of the molecule is N#Cc1ccc(/C=C\C(=O)N[C@H](Cc2ccccc2)C(=O)N2CCCC2)cc1. The molecule has 0 saturated carbocycles. The number of hydrogen-bond donors (Lipinski definition) is 1. The van der Waals surface area contributed by atoms with Crippen molar-refractivity contribution in [2.45, 2.75) is 25.3 Å². The summed E-state index contributed by atoms with van der Waals surface area (Å²) < 4.78 is 0. The molecule has 1 atom stereocenters. The van der Waals surface area contributed by atoms with Gasteiger partial charge in [0.25, 0.3) is 0 Å². The highest BCUT2D eigenvalue weighted by Gasteiger charge is 2.27. The number of hydrogen-bond acceptors (Lipinski definition) is 3. The fourth-order valence-corrected chi connectivity index (χ4v) is 3.27. The summed E-state index contributed by atoms with van der Waals surface area (Å²) in [5, 5.41) is 11.7. The third-order valence-electron chi connectivity index (χ3n) is 4.78. The van der Waals surface area contributed by atoms with E-state index in [2.05, 4.69) is 11.4 Å². The lowest BCUT2D eigenvalue weighted by molar-refractivity contribution is -0.134. The molecule has 1 saturated heterocycles. The van der Waals surface area contributed by atoms with Crippen molar-refractivity contribution in [3.8, 4) is 6.07 Å². The van der Waals surface area contributed by atoms with Crippen LogP contribution in [0.25, 0.3) is 6.08 Å². The quantitative estimate of drug-likeness (QED) is 0.791. The average Bonchev–Trinajstić information content (AvgIpc) is 3.27. The third kappa shape index (κ3) is 5.31. The topological polar surface area (TPSA) is 73.2 Å². The minimum Gasteiger partial charge on any atom is -0.341 e. The molecule has 2 aromatic carbocycles. The van der Waals surface area contributed by atoms with Gasteiger partial charge < -0.3 is 10.2 Å². The summed E-state index contributed by atoms with van der Waals surface area (Å²) in [4.78, 5) is 27.2. The minimum atomic E-state index is -0.585. The first-order valence-electron chi connectivity index (χ1n) is 9.47.